The summed E-state index contributed by atoms with van der Waals surface area (Å²) in [5.41, 5.74) is 1.34. The summed E-state index contributed by atoms with van der Waals surface area (Å²) >= 11 is 0. The first-order chi connectivity index (χ1) is 9.11. The zero-order chi connectivity index (χ0) is 13.8. The van der Waals surface area contributed by atoms with Gasteiger partial charge in [-0.3, -0.25) is 10.1 Å². The van der Waals surface area contributed by atoms with Crippen LogP contribution >= 0.6 is 0 Å². The molecule has 2 unspecified atom stereocenters. The van der Waals surface area contributed by atoms with Gasteiger partial charge in [0.25, 0.3) is 0 Å². The zero-order valence-electron chi connectivity index (χ0n) is 11.4. The van der Waals surface area contributed by atoms with Gasteiger partial charge in [-0.1, -0.05) is 30.3 Å². The molecule has 0 aliphatic heterocycles. The SMILES string of the molecule is COC(=O)C(NC1CC(c2ccccc2)C1)C(C)O. The van der Waals surface area contributed by atoms with Gasteiger partial charge >= 0.3 is 5.97 Å². The Morgan fingerprint density at radius 1 is 1.37 bits per heavy atom. The Kier molecular flexibility index (Phi) is 4.56. The Hall–Kier alpha value is -1.39. The summed E-state index contributed by atoms with van der Waals surface area (Å²) in [5.74, 6) is 0.143. The van der Waals surface area contributed by atoms with Crippen LogP contribution in [0, 0.1) is 0 Å². The van der Waals surface area contributed by atoms with E-state index in [-0.39, 0.29) is 6.04 Å². The van der Waals surface area contributed by atoms with Crippen molar-refractivity contribution in [3.63, 3.8) is 0 Å². The predicted octanol–water partition coefficient (Wildman–Crippen LogP) is 1.44. The van der Waals surface area contributed by atoms with Crippen LogP contribution in [0.25, 0.3) is 0 Å². The van der Waals surface area contributed by atoms with Crippen molar-refractivity contribution in [1.29, 1.82) is 0 Å². The van der Waals surface area contributed by atoms with Crippen LogP contribution in [-0.4, -0.2) is 36.4 Å². The van der Waals surface area contributed by atoms with Crippen LogP contribution < -0.4 is 5.32 Å². The van der Waals surface area contributed by atoms with Crippen LogP contribution in [0.3, 0.4) is 0 Å². The summed E-state index contributed by atoms with van der Waals surface area (Å²) in [5, 5.41) is 12.8. The maximum absolute atomic E-state index is 11.5. The van der Waals surface area contributed by atoms with Crippen molar-refractivity contribution < 1.29 is 14.6 Å². The number of benzene rings is 1. The average Bonchev–Trinajstić information content (AvgIpc) is 2.37. The zero-order valence-corrected chi connectivity index (χ0v) is 11.4. The maximum atomic E-state index is 11.5. The third-order valence-electron chi connectivity index (χ3n) is 3.76. The van der Waals surface area contributed by atoms with E-state index >= 15 is 0 Å². The monoisotopic (exact) mass is 263 g/mol. The van der Waals surface area contributed by atoms with Gasteiger partial charge in [-0.15, -0.1) is 0 Å². The van der Waals surface area contributed by atoms with E-state index < -0.39 is 18.1 Å². The van der Waals surface area contributed by atoms with E-state index in [1.807, 2.05) is 18.2 Å². The van der Waals surface area contributed by atoms with Crippen molar-refractivity contribution in [3.05, 3.63) is 35.9 Å². The first-order valence-electron chi connectivity index (χ1n) is 6.68. The van der Waals surface area contributed by atoms with Gasteiger partial charge in [0.05, 0.1) is 13.2 Å². The van der Waals surface area contributed by atoms with Crippen LogP contribution in [-0.2, 0) is 9.53 Å². The topological polar surface area (TPSA) is 58.6 Å². The Morgan fingerprint density at radius 2 is 2.00 bits per heavy atom. The fourth-order valence-corrected chi connectivity index (χ4v) is 2.54. The van der Waals surface area contributed by atoms with Crippen molar-refractivity contribution in [2.75, 3.05) is 7.11 Å². The molecule has 2 rings (SSSR count). The molecule has 104 valence electrons. The number of carbonyl (C=O) groups excluding carboxylic acids is 1. The average molecular weight is 263 g/mol. The summed E-state index contributed by atoms with van der Waals surface area (Å²) in [6, 6.07) is 10.0. The number of esters is 1. The van der Waals surface area contributed by atoms with Gasteiger partial charge in [-0.2, -0.15) is 0 Å². The molecule has 4 heteroatoms. The largest absolute Gasteiger partial charge is 0.468 e. The van der Waals surface area contributed by atoms with Gasteiger partial charge in [0, 0.05) is 6.04 Å². The van der Waals surface area contributed by atoms with E-state index in [1.165, 1.54) is 12.7 Å². The number of methoxy groups -OCH3 is 1. The number of hydrogen-bond acceptors (Lipinski definition) is 4. The molecule has 0 aromatic heterocycles. The molecule has 0 radical (unpaired) electrons. The fraction of sp³-hybridized carbons (Fsp3) is 0.533. The first-order valence-corrected chi connectivity index (χ1v) is 6.68. The lowest BCUT2D eigenvalue weighted by Crippen LogP contribution is -2.53. The second-order valence-electron chi connectivity index (χ2n) is 5.18. The molecule has 1 aromatic rings. The molecule has 2 atom stereocenters. The third-order valence-corrected chi connectivity index (χ3v) is 3.76. The van der Waals surface area contributed by atoms with Gasteiger partial charge < -0.3 is 9.84 Å². The highest BCUT2D eigenvalue weighted by Gasteiger charge is 2.35. The summed E-state index contributed by atoms with van der Waals surface area (Å²) in [6.45, 7) is 1.60. The number of hydrogen-bond donors (Lipinski definition) is 2. The Labute approximate surface area is 113 Å². The molecule has 0 bridgehead atoms. The fourth-order valence-electron chi connectivity index (χ4n) is 2.54. The van der Waals surface area contributed by atoms with E-state index in [2.05, 4.69) is 17.4 Å². The second kappa shape index (κ2) is 6.17. The summed E-state index contributed by atoms with van der Waals surface area (Å²) < 4.78 is 4.69. The van der Waals surface area contributed by atoms with Crippen molar-refractivity contribution >= 4 is 5.97 Å². The number of nitrogens with one attached hydrogen (secondary N) is 1. The molecule has 1 saturated carbocycles. The molecular weight excluding hydrogens is 242 g/mol. The van der Waals surface area contributed by atoms with E-state index in [9.17, 15) is 9.90 Å². The summed E-state index contributed by atoms with van der Waals surface area (Å²) in [6.07, 6.45) is 1.23. The molecule has 2 N–H and O–H groups in total. The van der Waals surface area contributed by atoms with Crippen LogP contribution in [0.2, 0.25) is 0 Å². The van der Waals surface area contributed by atoms with Crippen molar-refractivity contribution in [2.24, 2.45) is 0 Å². The lowest BCUT2D eigenvalue weighted by atomic mass is 9.75. The highest BCUT2D eigenvalue weighted by Crippen LogP contribution is 2.36. The standard InChI is InChI=1S/C15H21NO3/c1-10(17)14(15(18)19-2)16-13-8-12(9-13)11-6-4-3-5-7-11/h3-7,10,12-14,16-17H,8-9H2,1-2H3. The minimum absolute atomic E-state index is 0.268. The molecule has 1 aliphatic carbocycles. The first kappa shape index (κ1) is 14.0. The van der Waals surface area contributed by atoms with Crippen molar-refractivity contribution in [1.82, 2.24) is 5.32 Å². The van der Waals surface area contributed by atoms with Gasteiger partial charge in [0.15, 0.2) is 0 Å². The summed E-state index contributed by atoms with van der Waals surface area (Å²) in [7, 11) is 1.34. The minimum Gasteiger partial charge on any atom is -0.468 e. The van der Waals surface area contributed by atoms with Crippen LogP contribution in [0.5, 0.6) is 0 Å². The lowest BCUT2D eigenvalue weighted by molar-refractivity contribution is -0.146. The van der Waals surface area contributed by atoms with Gasteiger partial charge in [-0.05, 0) is 31.2 Å². The molecule has 19 heavy (non-hydrogen) atoms. The number of aliphatic hydroxyl groups is 1. The number of rotatable bonds is 5. The highest BCUT2D eigenvalue weighted by molar-refractivity contribution is 5.76. The van der Waals surface area contributed by atoms with Crippen molar-refractivity contribution in [3.8, 4) is 0 Å². The minimum atomic E-state index is -0.747. The molecule has 1 fully saturated rings. The van der Waals surface area contributed by atoms with Gasteiger partial charge in [-0.25, -0.2) is 0 Å². The Bertz CT molecular complexity index is 413. The highest BCUT2D eigenvalue weighted by atomic mass is 16.5. The van der Waals surface area contributed by atoms with Crippen molar-refractivity contribution in [2.45, 2.75) is 43.9 Å². The molecule has 4 nitrogen and oxygen atoms in total. The van der Waals surface area contributed by atoms with E-state index in [0.29, 0.717) is 5.92 Å². The second-order valence-corrected chi connectivity index (χ2v) is 5.18. The molecule has 0 saturated heterocycles. The Morgan fingerprint density at radius 3 is 2.53 bits per heavy atom. The quantitative estimate of drug-likeness (QED) is 0.789. The molecule has 0 amide bonds. The smallest absolute Gasteiger partial charge is 0.325 e. The number of aliphatic hydroxyl groups excluding tert-OH is 1. The van der Waals surface area contributed by atoms with Gasteiger partial charge in [0.1, 0.15) is 6.04 Å². The molecule has 1 aliphatic rings. The lowest BCUT2D eigenvalue weighted by Gasteiger charge is -2.38. The normalized spacial score (nSPS) is 25.2. The van der Waals surface area contributed by atoms with E-state index in [1.54, 1.807) is 6.92 Å². The van der Waals surface area contributed by atoms with Crippen LogP contribution in [0.15, 0.2) is 30.3 Å². The Balaban J connectivity index is 1.85. The summed E-state index contributed by atoms with van der Waals surface area (Å²) in [4.78, 5) is 11.5. The predicted molar refractivity (Wildman–Crippen MR) is 72.8 cm³/mol. The number of ether oxygens (including phenoxy) is 1. The number of carbonyl (C=O) groups is 1. The van der Waals surface area contributed by atoms with Crippen LogP contribution in [0.4, 0.5) is 0 Å². The molecule has 0 spiro atoms. The van der Waals surface area contributed by atoms with E-state index in [0.717, 1.165) is 12.8 Å². The third kappa shape index (κ3) is 3.33. The van der Waals surface area contributed by atoms with Crippen LogP contribution in [0.1, 0.15) is 31.2 Å². The molecule has 0 heterocycles. The van der Waals surface area contributed by atoms with Gasteiger partial charge in [0.2, 0.25) is 0 Å². The van der Waals surface area contributed by atoms with E-state index in [4.69, 9.17) is 4.74 Å². The molecular formula is C15H21NO3. The maximum Gasteiger partial charge on any atom is 0.325 e. The molecule has 1 aromatic carbocycles.